The highest BCUT2D eigenvalue weighted by Crippen LogP contribution is 2.13. The molecule has 2 aromatic rings. The van der Waals surface area contributed by atoms with Crippen molar-refractivity contribution < 1.29 is 4.79 Å². The number of rotatable bonds is 4. The van der Waals surface area contributed by atoms with Gasteiger partial charge in [0.1, 0.15) is 0 Å². The zero-order chi connectivity index (χ0) is 12.8. The first-order chi connectivity index (χ1) is 8.74. The van der Waals surface area contributed by atoms with Gasteiger partial charge in [0.05, 0.1) is 17.6 Å². The highest BCUT2D eigenvalue weighted by Gasteiger charge is 2.05. The number of pyridine rings is 1. The fourth-order valence-corrected chi connectivity index (χ4v) is 1.94. The number of amides is 1. The van der Waals surface area contributed by atoms with Crippen LogP contribution in [0.25, 0.3) is 0 Å². The molecule has 6 heteroatoms. The number of aromatic nitrogens is 3. The Morgan fingerprint density at radius 1 is 1.39 bits per heavy atom. The van der Waals surface area contributed by atoms with Crippen LogP contribution in [0, 0.1) is 6.92 Å². The van der Waals surface area contributed by atoms with Gasteiger partial charge in [0, 0.05) is 18.1 Å². The Morgan fingerprint density at radius 2 is 2.28 bits per heavy atom. The van der Waals surface area contributed by atoms with E-state index in [1.165, 1.54) is 11.8 Å². The Bertz CT molecular complexity index is 533. The molecule has 18 heavy (non-hydrogen) atoms. The van der Waals surface area contributed by atoms with Gasteiger partial charge in [-0.25, -0.2) is 9.97 Å². The maximum absolute atomic E-state index is 11.7. The topological polar surface area (TPSA) is 67.8 Å². The number of hydrogen-bond acceptors (Lipinski definition) is 5. The third kappa shape index (κ3) is 3.81. The van der Waals surface area contributed by atoms with Crippen LogP contribution in [-0.4, -0.2) is 26.6 Å². The van der Waals surface area contributed by atoms with Gasteiger partial charge in [0.15, 0.2) is 5.16 Å². The summed E-state index contributed by atoms with van der Waals surface area (Å²) in [5.41, 5.74) is 1.58. The molecule has 1 amide bonds. The molecule has 0 bridgehead atoms. The van der Waals surface area contributed by atoms with Crippen molar-refractivity contribution in [1.82, 2.24) is 15.0 Å². The summed E-state index contributed by atoms with van der Waals surface area (Å²) in [6.07, 6.45) is 4.94. The van der Waals surface area contributed by atoms with Crippen molar-refractivity contribution in [3.8, 4) is 0 Å². The van der Waals surface area contributed by atoms with E-state index in [-0.39, 0.29) is 11.7 Å². The van der Waals surface area contributed by atoms with Crippen LogP contribution in [0.4, 0.5) is 5.69 Å². The molecule has 0 aromatic carbocycles. The highest BCUT2D eigenvalue weighted by atomic mass is 32.2. The van der Waals surface area contributed by atoms with E-state index in [4.69, 9.17) is 0 Å². The van der Waals surface area contributed by atoms with Gasteiger partial charge in [-0.05, 0) is 25.1 Å². The molecule has 0 aliphatic rings. The number of anilines is 1. The fourth-order valence-electron chi connectivity index (χ4n) is 1.26. The average Bonchev–Trinajstić information content (AvgIpc) is 2.38. The van der Waals surface area contributed by atoms with Gasteiger partial charge in [-0.15, -0.1) is 0 Å². The predicted molar refractivity (Wildman–Crippen MR) is 70.4 cm³/mol. The van der Waals surface area contributed by atoms with Crippen molar-refractivity contribution in [3.05, 3.63) is 42.5 Å². The highest BCUT2D eigenvalue weighted by molar-refractivity contribution is 7.99. The van der Waals surface area contributed by atoms with Crippen molar-refractivity contribution in [2.75, 3.05) is 11.1 Å². The lowest BCUT2D eigenvalue weighted by Gasteiger charge is -2.03. The second-order valence-corrected chi connectivity index (χ2v) is 4.50. The number of thioether (sulfide) groups is 1. The van der Waals surface area contributed by atoms with E-state index >= 15 is 0 Å². The molecular formula is C12H12N4OS. The van der Waals surface area contributed by atoms with Crippen LogP contribution < -0.4 is 5.32 Å². The number of nitrogens with one attached hydrogen (secondary N) is 1. The normalized spacial score (nSPS) is 10.1. The molecule has 0 radical (unpaired) electrons. The number of nitrogens with zero attached hydrogens (tertiary/aromatic N) is 3. The van der Waals surface area contributed by atoms with Gasteiger partial charge in [-0.1, -0.05) is 11.8 Å². The minimum atomic E-state index is -0.0990. The van der Waals surface area contributed by atoms with E-state index in [9.17, 15) is 4.79 Å². The lowest BCUT2D eigenvalue weighted by Crippen LogP contribution is -2.14. The van der Waals surface area contributed by atoms with Gasteiger partial charge < -0.3 is 5.32 Å². The molecule has 0 unspecified atom stereocenters. The zero-order valence-electron chi connectivity index (χ0n) is 9.83. The van der Waals surface area contributed by atoms with Crippen LogP contribution in [0.1, 0.15) is 5.69 Å². The molecule has 0 fully saturated rings. The van der Waals surface area contributed by atoms with E-state index in [0.717, 1.165) is 5.69 Å². The summed E-state index contributed by atoms with van der Waals surface area (Å²) in [5.74, 6) is 0.177. The summed E-state index contributed by atoms with van der Waals surface area (Å²) in [4.78, 5) is 23.9. The van der Waals surface area contributed by atoms with E-state index < -0.39 is 0 Å². The second-order valence-electron chi connectivity index (χ2n) is 3.56. The standard InChI is InChI=1S/C12H12N4OS/c1-9-4-6-14-12(15-9)18-8-11(17)16-10-3-2-5-13-7-10/h2-7H,8H2,1H3,(H,16,17). The Kier molecular flexibility index (Phi) is 4.25. The molecule has 0 atom stereocenters. The summed E-state index contributed by atoms with van der Waals surface area (Å²) >= 11 is 1.31. The molecule has 2 aromatic heterocycles. The van der Waals surface area contributed by atoms with Crippen molar-refractivity contribution in [1.29, 1.82) is 0 Å². The molecule has 0 aliphatic carbocycles. The Morgan fingerprint density at radius 3 is 3.00 bits per heavy atom. The van der Waals surface area contributed by atoms with E-state index in [0.29, 0.717) is 10.8 Å². The predicted octanol–water partition coefficient (Wildman–Crippen LogP) is 1.91. The Hall–Kier alpha value is -1.95. The molecule has 5 nitrogen and oxygen atoms in total. The van der Waals surface area contributed by atoms with Crippen molar-refractivity contribution in [3.63, 3.8) is 0 Å². The van der Waals surface area contributed by atoms with Crippen LogP contribution in [0.2, 0.25) is 0 Å². The van der Waals surface area contributed by atoms with Crippen LogP contribution in [0.3, 0.4) is 0 Å². The van der Waals surface area contributed by atoms with Gasteiger partial charge in [0.25, 0.3) is 0 Å². The lowest BCUT2D eigenvalue weighted by molar-refractivity contribution is -0.113. The quantitative estimate of drug-likeness (QED) is 0.672. The smallest absolute Gasteiger partial charge is 0.234 e. The van der Waals surface area contributed by atoms with Gasteiger partial charge in [0.2, 0.25) is 5.91 Å². The van der Waals surface area contributed by atoms with Gasteiger partial charge in [-0.3, -0.25) is 9.78 Å². The Balaban J connectivity index is 1.85. The van der Waals surface area contributed by atoms with Crippen molar-refractivity contribution in [2.45, 2.75) is 12.1 Å². The maximum atomic E-state index is 11.7. The molecule has 0 spiro atoms. The van der Waals surface area contributed by atoms with E-state index in [1.807, 2.05) is 13.0 Å². The number of hydrogen-bond donors (Lipinski definition) is 1. The summed E-state index contributed by atoms with van der Waals surface area (Å²) in [5, 5.41) is 3.36. The summed E-state index contributed by atoms with van der Waals surface area (Å²) in [6, 6.07) is 5.38. The first-order valence-electron chi connectivity index (χ1n) is 5.36. The number of carbonyl (C=O) groups is 1. The monoisotopic (exact) mass is 260 g/mol. The van der Waals surface area contributed by atoms with Crippen LogP contribution >= 0.6 is 11.8 Å². The minimum Gasteiger partial charge on any atom is -0.324 e. The van der Waals surface area contributed by atoms with E-state index in [2.05, 4.69) is 20.3 Å². The summed E-state index contributed by atoms with van der Waals surface area (Å²) in [7, 11) is 0. The van der Waals surface area contributed by atoms with Crippen LogP contribution in [0.15, 0.2) is 41.9 Å². The number of carbonyl (C=O) groups excluding carboxylic acids is 1. The largest absolute Gasteiger partial charge is 0.324 e. The first-order valence-corrected chi connectivity index (χ1v) is 6.35. The van der Waals surface area contributed by atoms with Crippen molar-refractivity contribution in [2.24, 2.45) is 0 Å². The minimum absolute atomic E-state index is 0.0990. The SMILES string of the molecule is Cc1ccnc(SCC(=O)Nc2cccnc2)n1. The Labute approximate surface area is 109 Å². The molecule has 2 heterocycles. The maximum Gasteiger partial charge on any atom is 0.234 e. The zero-order valence-corrected chi connectivity index (χ0v) is 10.6. The summed E-state index contributed by atoms with van der Waals surface area (Å²) in [6.45, 7) is 1.89. The lowest BCUT2D eigenvalue weighted by atomic mass is 10.4. The van der Waals surface area contributed by atoms with Crippen LogP contribution in [0.5, 0.6) is 0 Å². The third-order valence-electron chi connectivity index (χ3n) is 2.05. The van der Waals surface area contributed by atoms with Gasteiger partial charge >= 0.3 is 0 Å². The molecule has 1 N–H and O–H groups in total. The molecular weight excluding hydrogens is 248 g/mol. The van der Waals surface area contributed by atoms with Crippen molar-refractivity contribution >= 4 is 23.4 Å². The molecule has 0 saturated carbocycles. The first kappa shape index (κ1) is 12.5. The molecule has 2 rings (SSSR count). The van der Waals surface area contributed by atoms with Gasteiger partial charge in [-0.2, -0.15) is 0 Å². The fraction of sp³-hybridized carbons (Fsp3) is 0.167. The van der Waals surface area contributed by atoms with E-state index in [1.54, 1.807) is 30.7 Å². The second kappa shape index (κ2) is 6.11. The van der Waals surface area contributed by atoms with Crippen LogP contribution in [-0.2, 0) is 4.79 Å². The third-order valence-corrected chi connectivity index (χ3v) is 2.91. The average molecular weight is 260 g/mol. The summed E-state index contributed by atoms with van der Waals surface area (Å²) < 4.78 is 0. The molecule has 92 valence electrons. The molecule has 0 saturated heterocycles. The molecule has 0 aliphatic heterocycles. The number of aryl methyl sites for hydroxylation is 1.